The maximum atomic E-state index is 12.5. The first kappa shape index (κ1) is 14.0. The quantitative estimate of drug-likeness (QED) is 0.892. The number of nitrogens with zero attached hydrogens (tertiary/aromatic N) is 2. The van der Waals surface area contributed by atoms with Crippen LogP contribution in [-0.2, 0) is 0 Å². The number of carbonyl (C=O) groups is 1. The first-order valence-electron chi connectivity index (χ1n) is 6.68. The van der Waals surface area contributed by atoms with Crippen molar-refractivity contribution >= 4 is 27.7 Å². The lowest BCUT2D eigenvalue weighted by Crippen LogP contribution is -2.16. The van der Waals surface area contributed by atoms with Crippen LogP contribution in [-0.4, -0.2) is 21.0 Å². The highest BCUT2D eigenvalue weighted by Crippen LogP contribution is 2.41. The van der Waals surface area contributed by atoms with Crippen LogP contribution in [0, 0.1) is 6.92 Å². The second kappa shape index (κ2) is 5.44. The molecule has 1 aliphatic carbocycles. The van der Waals surface area contributed by atoms with E-state index in [1.165, 1.54) is 6.07 Å². The number of carbonyl (C=O) groups excluding carboxylic acids is 1. The molecule has 1 amide bonds. The molecule has 0 saturated heterocycles. The van der Waals surface area contributed by atoms with E-state index in [1.807, 2.05) is 0 Å². The second-order valence-electron chi connectivity index (χ2n) is 5.14. The summed E-state index contributed by atoms with van der Waals surface area (Å²) in [7, 11) is 0. The van der Waals surface area contributed by atoms with Crippen LogP contribution >= 0.6 is 15.9 Å². The van der Waals surface area contributed by atoms with Crippen LogP contribution in [0.15, 0.2) is 28.9 Å². The summed E-state index contributed by atoms with van der Waals surface area (Å²) in [4.78, 5) is 20.9. The number of hydrogen-bond donors (Lipinski definition) is 2. The molecule has 0 unspecified atom stereocenters. The average molecular weight is 348 g/mol. The molecule has 6 heteroatoms. The zero-order chi connectivity index (χ0) is 15.0. The average Bonchev–Trinajstić information content (AvgIpc) is 3.27. The van der Waals surface area contributed by atoms with Gasteiger partial charge in [0.2, 0.25) is 0 Å². The molecule has 0 aliphatic heterocycles. The van der Waals surface area contributed by atoms with Crippen LogP contribution < -0.4 is 5.32 Å². The third-order valence-corrected chi connectivity index (χ3v) is 3.77. The molecule has 2 aromatic rings. The van der Waals surface area contributed by atoms with E-state index in [0.29, 0.717) is 11.5 Å². The van der Waals surface area contributed by atoms with Gasteiger partial charge in [0.15, 0.2) is 11.6 Å². The monoisotopic (exact) mass is 347 g/mol. The predicted molar refractivity (Wildman–Crippen MR) is 82.5 cm³/mol. The van der Waals surface area contributed by atoms with Crippen molar-refractivity contribution in [3.05, 3.63) is 45.8 Å². The largest absolute Gasteiger partial charge is 0.504 e. The Morgan fingerprint density at radius 1 is 1.43 bits per heavy atom. The SMILES string of the molecule is Cc1ccc(O)c(NC(=O)c2cc(Br)cnc2C2CC2)n1. The van der Waals surface area contributed by atoms with Crippen LogP contribution in [0.2, 0.25) is 0 Å². The molecular weight excluding hydrogens is 334 g/mol. The Morgan fingerprint density at radius 2 is 2.19 bits per heavy atom. The summed E-state index contributed by atoms with van der Waals surface area (Å²) in [5.41, 5.74) is 2.05. The van der Waals surface area contributed by atoms with Crippen molar-refractivity contribution in [3.63, 3.8) is 0 Å². The number of aryl methyl sites for hydroxylation is 1. The van der Waals surface area contributed by atoms with E-state index in [-0.39, 0.29) is 17.5 Å². The van der Waals surface area contributed by atoms with Crippen molar-refractivity contribution in [2.75, 3.05) is 5.32 Å². The highest BCUT2D eigenvalue weighted by Gasteiger charge is 2.30. The molecule has 0 spiro atoms. The van der Waals surface area contributed by atoms with E-state index in [2.05, 4.69) is 31.2 Å². The molecule has 1 saturated carbocycles. The fraction of sp³-hybridized carbons (Fsp3) is 0.267. The molecule has 1 fully saturated rings. The minimum Gasteiger partial charge on any atom is -0.504 e. The number of aromatic nitrogens is 2. The Labute approximate surface area is 130 Å². The number of aromatic hydroxyl groups is 1. The molecule has 2 aromatic heterocycles. The van der Waals surface area contributed by atoms with Crippen LogP contribution in [0.1, 0.15) is 40.5 Å². The molecular formula is C15H14BrN3O2. The van der Waals surface area contributed by atoms with Crippen molar-refractivity contribution in [2.45, 2.75) is 25.7 Å². The van der Waals surface area contributed by atoms with Crippen molar-refractivity contribution < 1.29 is 9.90 Å². The number of pyridine rings is 2. The Kier molecular flexibility index (Phi) is 3.63. The normalized spacial score (nSPS) is 14.0. The number of rotatable bonds is 3. The van der Waals surface area contributed by atoms with Crippen LogP contribution in [0.3, 0.4) is 0 Å². The topological polar surface area (TPSA) is 75.1 Å². The Hall–Kier alpha value is -1.95. The highest BCUT2D eigenvalue weighted by atomic mass is 79.9. The summed E-state index contributed by atoms with van der Waals surface area (Å²) in [5, 5.41) is 12.4. The van der Waals surface area contributed by atoms with Gasteiger partial charge in [-0.3, -0.25) is 9.78 Å². The van der Waals surface area contributed by atoms with Crippen LogP contribution in [0.4, 0.5) is 5.82 Å². The Bertz CT molecular complexity index is 714. The predicted octanol–water partition coefficient (Wildman–Crippen LogP) is 3.38. The lowest BCUT2D eigenvalue weighted by molar-refractivity contribution is 0.102. The van der Waals surface area contributed by atoms with Gasteiger partial charge in [-0.1, -0.05) is 0 Å². The van der Waals surface area contributed by atoms with Gasteiger partial charge in [-0.25, -0.2) is 4.98 Å². The van der Waals surface area contributed by atoms with E-state index < -0.39 is 0 Å². The minimum atomic E-state index is -0.306. The van der Waals surface area contributed by atoms with Gasteiger partial charge in [-0.05, 0) is 53.9 Å². The van der Waals surface area contributed by atoms with Gasteiger partial charge in [0.1, 0.15) is 0 Å². The third kappa shape index (κ3) is 3.05. The zero-order valence-electron chi connectivity index (χ0n) is 11.4. The van der Waals surface area contributed by atoms with Gasteiger partial charge < -0.3 is 10.4 Å². The summed E-state index contributed by atoms with van der Waals surface area (Å²) in [6.07, 6.45) is 3.82. The Balaban J connectivity index is 1.92. The molecule has 0 radical (unpaired) electrons. The summed E-state index contributed by atoms with van der Waals surface area (Å²) in [6.45, 7) is 1.80. The lowest BCUT2D eigenvalue weighted by Gasteiger charge is -2.10. The molecule has 5 nitrogen and oxygen atoms in total. The molecule has 2 N–H and O–H groups in total. The number of halogens is 1. The van der Waals surface area contributed by atoms with Crippen molar-refractivity contribution in [1.29, 1.82) is 0 Å². The van der Waals surface area contributed by atoms with E-state index in [4.69, 9.17) is 0 Å². The number of amides is 1. The van der Waals surface area contributed by atoms with Gasteiger partial charge in [0, 0.05) is 22.3 Å². The van der Waals surface area contributed by atoms with Crippen LogP contribution in [0.25, 0.3) is 0 Å². The third-order valence-electron chi connectivity index (χ3n) is 3.34. The lowest BCUT2D eigenvalue weighted by atomic mass is 10.1. The molecule has 2 heterocycles. The molecule has 0 aromatic carbocycles. The standard InChI is InChI=1S/C15H14BrN3O2/c1-8-2-5-12(20)14(18-8)19-15(21)11-6-10(16)7-17-13(11)9-3-4-9/h2,5-7,9,20H,3-4H2,1H3,(H,18,19,21). The number of nitrogens with one attached hydrogen (secondary N) is 1. The molecule has 0 atom stereocenters. The summed E-state index contributed by atoms with van der Waals surface area (Å²) >= 11 is 3.34. The summed E-state index contributed by atoms with van der Waals surface area (Å²) in [5.74, 6) is 0.170. The zero-order valence-corrected chi connectivity index (χ0v) is 13.0. The first-order valence-corrected chi connectivity index (χ1v) is 7.47. The Morgan fingerprint density at radius 3 is 2.90 bits per heavy atom. The fourth-order valence-corrected chi connectivity index (χ4v) is 2.46. The highest BCUT2D eigenvalue weighted by molar-refractivity contribution is 9.10. The van der Waals surface area contributed by atoms with Gasteiger partial charge in [-0.15, -0.1) is 0 Å². The van der Waals surface area contributed by atoms with E-state index in [1.54, 1.807) is 25.3 Å². The summed E-state index contributed by atoms with van der Waals surface area (Å²) < 4.78 is 0.749. The van der Waals surface area contributed by atoms with E-state index in [9.17, 15) is 9.90 Å². The molecule has 3 rings (SSSR count). The fourth-order valence-electron chi connectivity index (χ4n) is 2.13. The van der Waals surface area contributed by atoms with Gasteiger partial charge in [0.25, 0.3) is 5.91 Å². The van der Waals surface area contributed by atoms with Gasteiger partial charge in [-0.2, -0.15) is 0 Å². The van der Waals surface area contributed by atoms with E-state index >= 15 is 0 Å². The van der Waals surface area contributed by atoms with Crippen molar-refractivity contribution in [3.8, 4) is 5.75 Å². The maximum Gasteiger partial charge on any atom is 0.258 e. The number of hydrogen-bond acceptors (Lipinski definition) is 4. The minimum absolute atomic E-state index is 0.0510. The molecule has 1 aliphatic rings. The van der Waals surface area contributed by atoms with Gasteiger partial charge in [0.05, 0.1) is 11.3 Å². The van der Waals surface area contributed by atoms with Crippen molar-refractivity contribution in [1.82, 2.24) is 9.97 Å². The molecule has 0 bridgehead atoms. The maximum absolute atomic E-state index is 12.5. The van der Waals surface area contributed by atoms with E-state index in [0.717, 1.165) is 28.7 Å². The second-order valence-corrected chi connectivity index (χ2v) is 6.05. The summed E-state index contributed by atoms with van der Waals surface area (Å²) in [6, 6.07) is 4.95. The first-order chi connectivity index (χ1) is 10.0. The van der Waals surface area contributed by atoms with Crippen LogP contribution in [0.5, 0.6) is 5.75 Å². The molecule has 108 valence electrons. The van der Waals surface area contributed by atoms with Gasteiger partial charge >= 0.3 is 0 Å². The smallest absolute Gasteiger partial charge is 0.258 e. The van der Waals surface area contributed by atoms with Crippen molar-refractivity contribution in [2.24, 2.45) is 0 Å². The molecule has 21 heavy (non-hydrogen) atoms. The number of anilines is 1.